The SMILES string of the molecule is N#Cc1cccc(CON=C2CCN(S(=O)(=O)c3ccc(NCC4CC4)cc3)CC2)c1. The van der Waals surface area contributed by atoms with Crippen LogP contribution in [-0.4, -0.2) is 38.1 Å². The van der Waals surface area contributed by atoms with Crippen LogP contribution >= 0.6 is 0 Å². The van der Waals surface area contributed by atoms with Gasteiger partial charge in [0, 0.05) is 38.2 Å². The first-order valence-corrected chi connectivity index (χ1v) is 12.0. The smallest absolute Gasteiger partial charge is 0.243 e. The molecule has 1 saturated heterocycles. The van der Waals surface area contributed by atoms with E-state index in [1.165, 1.54) is 17.1 Å². The van der Waals surface area contributed by atoms with Crippen molar-refractivity contribution in [2.24, 2.45) is 11.1 Å². The molecule has 0 atom stereocenters. The number of oxime groups is 1. The predicted octanol–water partition coefficient (Wildman–Crippen LogP) is 3.74. The molecule has 0 spiro atoms. The van der Waals surface area contributed by atoms with Crippen LogP contribution < -0.4 is 5.32 Å². The van der Waals surface area contributed by atoms with Crippen LogP contribution in [0.4, 0.5) is 5.69 Å². The molecular weight excluding hydrogens is 412 g/mol. The van der Waals surface area contributed by atoms with Gasteiger partial charge in [0.05, 0.1) is 22.2 Å². The van der Waals surface area contributed by atoms with Crippen molar-refractivity contribution in [3.63, 3.8) is 0 Å². The third-order valence-electron chi connectivity index (χ3n) is 5.56. The average Bonchev–Trinajstić information content (AvgIpc) is 3.63. The molecule has 2 aromatic carbocycles. The quantitative estimate of drug-likeness (QED) is 0.634. The highest BCUT2D eigenvalue weighted by molar-refractivity contribution is 7.89. The molecule has 0 aromatic heterocycles. The summed E-state index contributed by atoms with van der Waals surface area (Å²) < 4.78 is 27.4. The fourth-order valence-corrected chi connectivity index (χ4v) is 4.92. The van der Waals surface area contributed by atoms with E-state index in [1.54, 1.807) is 24.3 Å². The van der Waals surface area contributed by atoms with E-state index in [2.05, 4.69) is 16.5 Å². The number of piperidine rings is 1. The molecule has 31 heavy (non-hydrogen) atoms. The topological polar surface area (TPSA) is 94.8 Å². The van der Waals surface area contributed by atoms with Gasteiger partial charge in [0.25, 0.3) is 0 Å². The summed E-state index contributed by atoms with van der Waals surface area (Å²) in [5, 5.41) is 16.5. The van der Waals surface area contributed by atoms with Gasteiger partial charge < -0.3 is 10.2 Å². The van der Waals surface area contributed by atoms with Crippen molar-refractivity contribution in [2.75, 3.05) is 25.0 Å². The number of nitrogens with zero attached hydrogens (tertiary/aromatic N) is 3. The van der Waals surface area contributed by atoms with Crippen LogP contribution in [0, 0.1) is 17.2 Å². The van der Waals surface area contributed by atoms with Gasteiger partial charge in [-0.15, -0.1) is 0 Å². The van der Waals surface area contributed by atoms with Crippen LogP contribution in [0.1, 0.15) is 36.8 Å². The molecule has 2 aromatic rings. The summed E-state index contributed by atoms with van der Waals surface area (Å²) in [7, 11) is -3.51. The van der Waals surface area contributed by atoms with Gasteiger partial charge in [0.15, 0.2) is 0 Å². The zero-order valence-electron chi connectivity index (χ0n) is 17.3. The summed E-state index contributed by atoms with van der Waals surface area (Å²) in [5.74, 6) is 0.763. The Morgan fingerprint density at radius 3 is 2.55 bits per heavy atom. The van der Waals surface area contributed by atoms with E-state index in [0.717, 1.165) is 29.4 Å². The monoisotopic (exact) mass is 438 g/mol. The van der Waals surface area contributed by atoms with Crippen molar-refractivity contribution < 1.29 is 13.3 Å². The molecule has 1 aliphatic heterocycles. The minimum Gasteiger partial charge on any atom is -0.391 e. The number of nitrogens with one attached hydrogen (secondary N) is 1. The van der Waals surface area contributed by atoms with E-state index < -0.39 is 10.0 Å². The lowest BCUT2D eigenvalue weighted by molar-refractivity contribution is 0.128. The van der Waals surface area contributed by atoms with Gasteiger partial charge in [-0.1, -0.05) is 17.3 Å². The molecule has 0 radical (unpaired) electrons. The van der Waals surface area contributed by atoms with Crippen LogP contribution in [-0.2, 0) is 21.5 Å². The molecule has 7 nitrogen and oxygen atoms in total. The van der Waals surface area contributed by atoms with Crippen molar-refractivity contribution in [2.45, 2.75) is 37.2 Å². The standard InChI is InChI=1S/C23H26N4O3S/c24-15-19-2-1-3-20(14-19)17-30-26-22-10-12-27(13-11-22)31(28,29)23-8-6-21(7-9-23)25-16-18-4-5-18/h1-3,6-9,14,18,25H,4-5,10-13,16-17H2. The average molecular weight is 439 g/mol. The predicted molar refractivity (Wildman–Crippen MR) is 119 cm³/mol. The minimum absolute atomic E-state index is 0.280. The van der Waals surface area contributed by atoms with Crippen LogP contribution in [0.3, 0.4) is 0 Å². The second kappa shape index (κ2) is 9.50. The lowest BCUT2D eigenvalue weighted by Crippen LogP contribution is -2.38. The fraction of sp³-hybridized carbons (Fsp3) is 0.391. The Hall–Kier alpha value is -2.89. The molecule has 1 aliphatic carbocycles. The van der Waals surface area contributed by atoms with Gasteiger partial charge in [-0.05, 0) is 60.7 Å². The van der Waals surface area contributed by atoms with Gasteiger partial charge in [0.2, 0.25) is 10.0 Å². The molecule has 0 amide bonds. The molecular formula is C23H26N4O3S. The number of hydrogen-bond donors (Lipinski definition) is 1. The third-order valence-corrected chi connectivity index (χ3v) is 7.48. The Bertz CT molecular complexity index is 1080. The van der Waals surface area contributed by atoms with Crippen molar-refractivity contribution >= 4 is 21.4 Å². The van der Waals surface area contributed by atoms with Crippen LogP contribution in [0.25, 0.3) is 0 Å². The minimum atomic E-state index is -3.51. The Morgan fingerprint density at radius 2 is 1.87 bits per heavy atom. The zero-order valence-corrected chi connectivity index (χ0v) is 18.1. The highest BCUT2D eigenvalue weighted by Gasteiger charge is 2.28. The number of benzene rings is 2. The van der Waals surface area contributed by atoms with E-state index in [-0.39, 0.29) is 6.61 Å². The van der Waals surface area contributed by atoms with Crippen molar-refractivity contribution in [3.8, 4) is 6.07 Å². The molecule has 2 fully saturated rings. The number of sulfonamides is 1. The number of hydrogen-bond acceptors (Lipinski definition) is 6. The van der Waals surface area contributed by atoms with Crippen LogP contribution in [0.2, 0.25) is 0 Å². The highest BCUT2D eigenvalue weighted by atomic mass is 32.2. The molecule has 0 unspecified atom stereocenters. The summed E-state index contributed by atoms with van der Waals surface area (Å²) >= 11 is 0. The maximum absolute atomic E-state index is 12.9. The van der Waals surface area contributed by atoms with E-state index in [9.17, 15) is 8.42 Å². The van der Waals surface area contributed by atoms with Crippen LogP contribution in [0.15, 0.2) is 58.6 Å². The maximum Gasteiger partial charge on any atom is 0.243 e. The summed E-state index contributed by atoms with van der Waals surface area (Å²) in [6.07, 6.45) is 3.63. The number of anilines is 1. The second-order valence-corrected chi connectivity index (χ2v) is 9.93. The van der Waals surface area contributed by atoms with Crippen molar-refractivity contribution in [1.82, 2.24) is 4.31 Å². The molecule has 1 N–H and O–H groups in total. The molecule has 1 saturated carbocycles. The van der Waals surface area contributed by atoms with Gasteiger partial charge in [-0.2, -0.15) is 9.57 Å². The first kappa shape index (κ1) is 21.3. The molecule has 1 heterocycles. The van der Waals surface area contributed by atoms with Crippen LogP contribution in [0.5, 0.6) is 0 Å². The summed E-state index contributed by atoms with van der Waals surface area (Å²) in [4.78, 5) is 5.74. The lowest BCUT2D eigenvalue weighted by atomic mass is 10.1. The van der Waals surface area contributed by atoms with E-state index >= 15 is 0 Å². The third kappa shape index (κ3) is 5.63. The van der Waals surface area contributed by atoms with E-state index in [4.69, 9.17) is 10.1 Å². The van der Waals surface area contributed by atoms with Crippen molar-refractivity contribution in [3.05, 3.63) is 59.7 Å². The molecule has 2 aliphatic rings. The molecule has 4 rings (SSSR count). The first-order chi connectivity index (χ1) is 15.0. The Balaban J connectivity index is 1.28. The fourth-order valence-electron chi connectivity index (χ4n) is 3.48. The summed E-state index contributed by atoms with van der Waals surface area (Å²) in [6, 6.07) is 16.3. The second-order valence-electron chi connectivity index (χ2n) is 8.00. The Labute approximate surface area is 183 Å². The normalized spacial score (nSPS) is 17.1. The number of rotatable bonds is 8. The highest BCUT2D eigenvalue weighted by Crippen LogP contribution is 2.29. The lowest BCUT2D eigenvalue weighted by Gasteiger charge is -2.26. The van der Waals surface area contributed by atoms with E-state index in [1.807, 2.05) is 24.3 Å². The zero-order chi connectivity index (χ0) is 21.7. The largest absolute Gasteiger partial charge is 0.391 e. The maximum atomic E-state index is 12.9. The van der Waals surface area contributed by atoms with Gasteiger partial charge >= 0.3 is 0 Å². The van der Waals surface area contributed by atoms with E-state index in [0.29, 0.717) is 36.4 Å². The van der Waals surface area contributed by atoms with Gasteiger partial charge in [-0.25, -0.2) is 8.42 Å². The number of nitriles is 1. The Morgan fingerprint density at radius 1 is 1.13 bits per heavy atom. The summed E-state index contributed by atoms with van der Waals surface area (Å²) in [5.41, 5.74) is 3.26. The molecule has 162 valence electrons. The summed E-state index contributed by atoms with van der Waals surface area (Å²) in [6.45, 7) is 2.00. The Kier molecular flexibility index (Phi) is 6.54. The molecule has 0 bridgehead atoms. The van der Waals surface area contributed by atoms with Crippen molar-refractivity contribution in [1.29, 1.82) is 5.26 Å². The van der Waals surface area contributed by atoms with Gasteiger partial charge in [-0.3, -0.25) is 0 Å². The van der Waals surface area contributed by atoms with Gasteiger partial charge in [0.1, 0.15) is 6.61 Å². The molecule has 8 heteroatoms. The first-order valence-electron chi connectivity index (χ1n) is 10.6.